The van der Waals surface area contributed by atoms with Gasteiger partial charge in [-0.2, -0.15) is 0 Å². The van der Waals surface area contributed by atoms with Crippen LogP contribution >= 0.6 is 11.6 Å². The average Bonchev–Trinajstić information content (AvgIpc) is 2.87. The van der Waals surface area contributed by atoms with Crippen LogP contribution in [0.2, 0.25) is 5.02 Å². The molecule has 2 atom stereocenters. The summed E-state index contributed by atoms with van der Waals surface area (Å²) in [4.78, 5) is 12.1. The second kappa shape index (κ2) is 7.61. The molecule has 1 N–H and O–H groups in total. The SMILES string of the molecule is CN(C)S(=O)(=O)C[C@@H]1COC[C@H]1NC(=O)Cc1ccc(Cl)cc1. The van der Waals surface area contributed by atoms with Crippen molar-refractivity contribution in [2.75, 3.05) is 33.1 Å². The van der Waals surface area contributed by atoms with Gasteiger partial charge in [0.2, 0.25) is 15.9 Å². The molecule has 1 heterocycles. The molecule has 0 radical (unpaired) electrons. The third kappa shape index (κ3) is 5.17. The minimum Gasteiger partial charge on any atom is -0.379 e. The fourth-order valence-corrected chi connectivity index (χ4v) is 3.68. The van der Waals surface area contributed by atoms with E-state index in [1.165, 1.54) is 18.4 Å². The van der Waals surface area contributed by atoms with Gasteiger partial charge in [0.1, 0.15) is 0 Å². The number of ether oxygens (including phenoxy) is 1. The number of hydrogen-bond acceptors (Lipinski definition) is 4. The van der Waals surface area contributed by atoms with E-state index in [2.05, 4.69) is 5.32 Å². The monoisotopic (exact) mass is 360 g/mol. The quantitative estimate of drug-likeness (QED) is 0.818. The fourth-order valence-electron chi connectivity index (χ4n) is 2.39. The van der Waals surface area contributed by atoms with Gasteiger partial charge in [0.25, 0.3) is 0 Å². The Labute approximate surface area is 141 Å². The van der Waals surface area contributed by atoms with E-state index in [0.717, 1.165) is 5.56 Å². The molecule has 0 unspecified atom stereocenters. The topological polar surface area (TPSA) is 75.7 Å². The first kappa shape index (κ1) is 18.2. The highest BCUT2D eigenvalue weighted by molar-refractivity contribution is 7.89. The van der Waals surface area contributed by atoms with E-state index in [1.807, 2.05) is 0 Å². The van der Waals surface area contributed by atoms with Crippen LogP contribution in [0.25, 0.3) is 0 Å². The lowest BCUT2D eigenvalue weighted by atomic mass is 10.1. The van der Waals surface area contributed by atoms with E-state index < -0.39 is 10.0 Å². The second-order valence-corrected chi connectivity index (χ2v) is 8.50. The molecule has 1 aromatic carbocycles. The fraction of sp³-hybridized carbons (Fsp3) is 0.533. The standard InChI is InChI=1S/C15H21ClN2O4S/c1-18(2)23(20,21)10-12-8-22-9-14(12)17-15(19)7-11-3-5-13(16)6-4-11/h3-6,12,14H,7-10H2,1-2H3,(H,17,19)/t12-,14+/m0/s1. The van der Waals surface area contributed by atoms with Crippen LogP contribution in [0.4, 0.5) is 0 Å². The van der Waals surface area contributed by atoms with Gasteiger partial charge in [-0.3, -0.25) is 4.79 Å². The molecule has 1 aliphatic heterocycles. The highest BCUT2D eigenvalue weighted by Crippen LogP contribution is 2.17. The number of benzene rings is 1. The van der Waals surface area contributed by atoms with Crippen LogP contribution in [0.3, 0.4) is 0 Å². The number of nitrogens with one attached hydrogen (secondary N) is 1. The molecule has 1 amide bonds. The molecule has 23 heavy (non-hydrogen) atoms. The molecule has 1 fully saturated rings. The molecule has 0 aromatic heterocycles. The predicted molar refractivity (Wildman–Crippen MR) is 88.9 cm³/mol. The van der Waals surface area contributed by atoms with Crippen molar-refractivity contribution in [3.8, 4) is 0 Å². The lowest BCUT2D eigenvalue weighted by Gasteiger charge is -2.21. The Balaban J connectivity index is 1.93. The van der Waals surface area contributed by atoms with E-state index in [-0.39, 0.29) is 30.0 Å². The molecule has 128 valence electrons. The number of halogens is 1. The zero-order valence-electron chi connectivity index (χ0n) is 13.2. The van der Waals surface area contributed by atoms with Gasteiger partial charge in [-0.05, 0) is 17.7 Å². The molecular formula is C15H21ClN2O4S. The Morgan fingerprint density at radius 1 is 1.30 bits per heavy atom. The summed E-state index contributed by atoms with van der Waals surface area (Å²) in [6.45, 7) is 0.666. The van der Waals surface area contributed by atoms with Crippen LogP contribution in [0.15, 0.2) is 24.3 Å². The van der Waals surface area contributed by atoms with Crippen molar-refractivity contribution in [3.05, 3.63) is 34.9 Å². The van der Waals surface area contributed by atoms with E-state index in [0.29, 0.717) is 18.2 Å². The number of hydrogen-bond donors (Lipinski definition) is 1. The Bertz CT molecular complexity index is 646. The van der Waals surface area contributed by atoms with Gasteiger partial charge in [0.15, 0.2) is 0 Å². The summed E-state index contributed by atoms with van der Waals surface area (Å²) < 4.78 is 30.5. The van der Waals surface area contributed by atoms with E-state index in [9.17, 15) is 13.2 Å². The lowest BCUT2D eigenvalue weighted by molar-refractivity contribution is -0.121. The molecule has 0 spiro atoms. The van der Waals surface area contributed by atoms with Gasteiger partial charge >= 0.3 is 0 Å². The van der Waals surface area contributed by atoms with Crippen molar-refractivity contribution in [1.29, 1.82) is 0 Å². The van der Waals surface area contributed by atoms with Crippen molar-refractivity contribution in [2.45, 2.75) is 12.5 Å². The molecule has 0 saturated carbocycles. The molecule has 6 nitrogen and oxygen atoms in total. The number of amides is 1. The lowest BCUT2D eigenvalue weighted by Crippen LogP contribution is -2.44. The van der Waals surface area contributed by atoms with Crippen molar-refractivity contribution in [1.82, 2.24) is 9.62 Å². The Morgan fingerprint density at radius 2 is 1.96 bits per heavy atom. The second-order valence-electron chi connectivity index (χ2n) is 5.84. The Hall–Kier alpha value is -1.15. The zero-order chi connectivity index (χ0) is 17.0. The van der Waals surface area contributed by atoms with Crippen LogP contribution in [0.1, 0.15) is 5.56 Å². The average molecular weight is 361 g/mol. The first-order valence-electron chi connectivity index (χ1n) is 7.29. The Kier molecular flexibility index (Phi) is 6.02. The summed E-state index contributed by atoms with van der Waals surface area (Å²) in [5.41, 5.74) is 0.850. The predicted octanol–water partition coefficient (Wildman–Crippen LogP) is 0.905. The molecule has 0 bridgehead atoms. The number of carbonyl (C=O) groups excluding carboxylic acids is 1. The van der Waals surface area contributed by atoms with E-state index >= 15 is 0 Å². The summed E-state index contributed by atoms with van der Waals surface area (Å²) in [5.74, 6) is -0.432. The maximum absolute atomic E-state index is 12.1. The number of sulfonamides is 1. The molecule has 1 aliphatic rings. The molecule has 8 heteroatoms. The largest absolute Gasteiger partial charge is 0.379 e. The van der Waals surface area contributed by atoms with E-state index in [4.69, 9.17) is 16.3 Å². The van der Waals surface area contributed by atoms with Crippen LogP contribution in [0.5, 0.6) is 0 Å². The maximum Gasteiger partial charge on any atom is 0.224 e. The summed E-state index contributed by atoms with van der Waals surface area (Å²) in [6, 6.07) is 6.76. The maximum atomic E-state index is 12.1. The number of rotatable bonds is 6. The highest BCUT2D eigenvalue weighted by Gasteiger charge is 2.34. The van der Waals surface area contributed by atoms with Crippen LogP contribution in [-0.4, -0.2) is 57.7 Å². The molecule has 1 aromatic rings. The highest BCUT2D eigenvalue weighted by atomic mass is 35.5. The smallest absolute Gasteiger partial charge is 0.224 e. The van der Waals surface area contributed by atoms with Crippen LogP contribution in [0, 0.1) is 5.92 Å². The molecule has 1 saturated heterocycles. The van der Waals surface area contributed by atoms with Gasteiger partial charge in [-0.25, -0.2) is 12.7 Å². The van der Waals surface area contributed by atoms with Gasteiger partial charge in [-0.15, -0.1) is 0 Å². The third-order valence-electron chi connectivity index (χ3n) is 3.80. The van der Waals surface area contributed by atoms with Crippen molar-refractivity contribution >= 4 is 27.5 Å². The van der Waals surface area contributed by atoms with Crippen molar-refractivity contribution in [2.24, 2.45) is 5.92 Å². The van der Waals surface area contributed by atoms with Gasteiger partial charge in [0.05, 0.1) is 31.4 Å². The van der Waals surface area contributed by atoms with Gasteiger partial charge < -0.3 is 10.1 Å². The van der Waals surface area contributed by atoms with Crippen molar-refractivity contribution in [3.63, 3.8) is 0 Å². The first-order chi connectivity index (χ1) is 10.8. The number of carbonyl (C=O) groups is 1. The van der Waals surface area contributed by atoms with Crippen LogP contribution in [-0.2, 0) is 26.0 Å². The van der Waals surface area contributed by atoms with Crippen LogP contribution < -0.4 is 5.32 Å². The Morgan fingerprint density at radius 3 is 2.57 bits per heavy atom. The van der Waals surface area contributed by atoms with Gasteiger partial charge in [0, 0.05) is 25.0 Å². The zero-order valence-corrected chi connectivity index (χ0v) is 14.7. The summed E-state index contributed by atoms with van der Waals surface area (Å²) in [7, 11) is -0.328. The first-order valence-corrected chi connectivity index (χ1v) is 9.28. The van der Waals surface area contributed by atoms with E-state index in [1.54, 1.807) is 24.3 Å². The van der Waals surface area contributed by atoms with Gasteiger partial charge in [-0.1, -0.05) is 23.7 Å². The minimum atomic E-state index is -3.33. The summed E-state index contributed by atoms with van der Waals surface area (Å²) in [5, 5.41) is 3.49. The van der Waals surface area contributed by atoms with Crippen molar-refractivity contribution < 1.29 is 17.9 Å². The number of nitrogens with zero attached hydrogens (tertiary/aromatic N) is 1. The third-order valence-corrected chi connectivity index (χ3v) is 6.02. The molecule has 0 aliphatic carbocycles. The molecular weight excluding hydrogens is 340 g/mol. The molecule has 2 rings (SSSR count). The summed E-state index contributed by atoms with van der Waals surface area (Å²) >= 11 is 5.81. The minimum absolute atomic E-state index is 0.0358. The normalized spacial score (nSPS) is 21.6. The summed E-state index contributed by atoms with van der Waals surface area (Å²) in [6.07, 6.45) is 0.223.